The number of fused-ring (bicyclic) bond motifs is 1. The maximum absolute atomic E-state index is 9.51. The molecule has 3 aromatic rings. The number of nitrogens with one attached hydrogen (secondary N) is 1. The SMILES string of the molecule is CN(C)c1ccc(-c2nc3cc(NCC(O)CCl)ccc3o2)cc1. The molecular formula is C18H20ClN3O2. The van der Waals surface area contributed by atoms with Gasteiger partial charge in [-0.25, -0.2) is 4.98 Å². The molecule has 0 radical (unpaired) electrons. The van der Waals surface area contributed by atoms with E-state index in [1.807, 2.05) is 61.5 Å². The number of aliphatic hydroxyl groups is 1. The van der Waals surface area contributed by atoms with Gasteiger partial charge in [0.15, 0.2) is 5.58 Å². The van der Waals surface area contributed by atoms with Crippen LogP contribution in [0, 0.1) is 0 Å². The quantitative estimate of drug-likeness (QED) is 0.669. The second kappa shape index (κ2) is 7.11. The maximum atomic E-state index is 9.51. The molecule has 0 fully saturated rings. The fraction of sp³-hybridized carbons (Fsp3) is 0.278. The highest BCUT2D eigenvalue weighted by Crippen LogP contribution is 2.27. The Hall–Kier alpha value is -2.24. The van der Waals surface area contributed by atoms with Gasteiger partial charge in [0.05, 0.1) is 12.0 Å². The van der Waals surface area contributed by atoms with Gasteiger partial charge in [-0.3, -0.25) is 0 Å². The Morgan fingerprint density at radius 2 is 1.96 bits per heavy atom. The Morgan fingerprint density at radius 3 is 2.62 bits per heavy atom. The van der Waals surface area contributed by atoms with Gasteiger partial charge in [0.25, 0.3) is 0 Å². The van der Waals surface area contributed by atoms with Crippen molar-refractivity contribution >= 4 is 34.1 Å². The fourth-order valence-electron chi connectivity index (χ4n) is 2.35. The third kappa shape index (κ3) is 3.63. The second-order valence-electron chi connectivity index (χ2n) is 5.83. The molecule has 2 aromatic carbocycles. The van der Waals surface area contributed by atoms with Crippen LogP contribution in [0.3, 0.4) is 0 Å². The van der Waals surface area contributed by atoms with Crippen LogP contribution >= 0.6 is 11.6 Å². The van der Waals surface area contributed by atoms with E-state index in [0.29, 0.717) is 12.4 Å². The highest BCUT2D eigenvalue weighted by molar-refractivity contribution is 6.18. The van der Waals surface area contributed by atoms with E-state index in [-0.39, 0.29) is 5.88 Å². The zero-order valence-corrected chi connectivity index (χ0v) is 14.4. The Labute approximate surface area is 145 Å². The summed E-state index contributed by atoms with van der Waals surface area (Å²) in [6.45, 7) is 0.395. The molecule has 0 saturated heterocycles. The summed E-state index contributed by atoms with van der Waals surface area (Å²) in [5, 5.41) is 12.6. The van der Waals surface area contributed by atoms with Gasteiger partial charge in [-0.05, 0) is 42.5 Å². The molecule has 0 aliphatic carbocycles. The van der Waals surface area contributed by atoms with Gasteiger partial charge in [-0.2, -0.15) is 0 Å². The summed E-state index contributed by atoms with van der Waals surface area (Å²) in [7, 11) is 4.01. The van der Waals surface area contributed by atoms with Crippen LogP contribution < -0.4 is 10.2 Å². The van der Waals surface area contributed by atoms with Crippen molar-refractivity contribution in [3.63, 3.8) is 0 Å². The summed E-state index contributed by atoms with van der Waals surface area (Å²) in [6.07, 6.45) is -0.578. The number of halogens is 1. The van der Waals surface area contributed by atoms with Crippen LogP contribution in [0.5, 0.6) is 0 Å². The number of anilines is 2. The minimum Gasteiger partial charge on any atom is -0.436 e. The molecule has 2 N–H and O–H groups in total. The van der Waals surface area contributed by atoms with E-state index in [2.05, 4.69) is 10.3 Å². The van der Waals surface area contributed by atoms with E-state index in [0.717, 1.165) is 28.0 Å². The zero-order valence-electron chi connectivity index (χ0n) is 13.7. The Balaban J connectivity index is 1.83. The Kier molecular flexibility index (Phi) is 4.92. The van der Waals surface area contributed by atoms with Crippen LogP contribution in [0.15, 0.2) is 46.9 Å². The number of aromatic nitrogens is 1. The van der Waals surface area contributed by atoms with E-state index in [1.54, 1.807) is 0 Å². The summed E-state index contributed by atoms with van der Waals surface area (Å²) in [5.74, 6) is 0.792. The molecule has 1 aromatic heterocycles. The number of hydrogen-bond acceptors (Lipinski definition) is 5. The molecule has 5 nitrogen and oxygen atoms in total. The van der Waals surface area contributed by atoms with Crippen LogP contribution in [-0.2, 0) is 0 Å². The van der Waals surface area contributed by atoms with Gasteiger partial charge in [0.2, 0.25) is 5.89 Å². The van der Waals surface area contributed by atoms with E-state index in [9.17, 15) is 5.11 Å². The topological polar surface area (TPSA) is 61.5 Å². The number of oxazole rings is 1. The molecule has 6 heteroatoms. The van der Waals surface area contributed by atoms with Crippen molar-refractivity contribution in [3.8, 4) is 11.5 Å². The van der Waals surface area contributed by atoms with Gasteiger partial charge in [0.1, 0.15) is 5.52 Å². The Bertz CT molecular complexity index is 815. The molecule has 0 spiro atoms. The predicted molar refractivity (Wildman–Crippen MR) is 99.0 cm³/mol. The number of alkyl halides is 1. The number of nitrogens with zero attached hydrogens (tertiary/aromatic N) is 2. The molecule has 0 saturated carbocycles. The lowest BCUT2D eigenvalue weighted by Crippen LogP contribution is -2.20. The van der Waals surface area contributed by atoms with Gasteiger partial charge in [-0.15, -0.1) is 11.6 Å². The van der Waals surface area contributed by atoms with Crippen LogP contribution in [-0.4, -0.2) is 42.7 Å². The zero-order chi connectivity index (χ0) is 17.1. The van der Waals surface area contributed by atoms with Crippen LogP contribution in [0.4, 0.5) is 11.4 Å². The third-order valence-electron chi connectivity index (χ3n) is 3.74. The van der Waals surface area contributed by atoms with Crippen molar-refractivity contribution in [3.05, 3.63) is 42.5 Å². The van der Waals surface area contributed by atoms with Crippen LogP contribution in [0.2, 0.25) is 0 Å². The second-order valence-corrected chi connectivity index (χ2v) is 6.14. The molecular weight excluding hydrogens is 326 g/mol. The maximum Gasteiger partial charge on any atom is 0.227 e. The lowest BCUT2D eigenvalue weighted by molar-refractivity contribution is 0.211. The van der Waals surface area contributed by atoms with Crippen molar-refractivity contribution in [1.29, 1.82) is 0 Å². The molecule has 0 aliphatic rings. The number of benzene rings is 2. The summed E-state index contributed by atoms with van der Waals surface area (Å²) in [5.41, 5.74) is 4.43. The normalized spacial score (nSPS) is 12.3. The Morgan fingerprint density at radius 1 is 1.21 bits per heavy atom. The van der Waals surface area contributed by atoms with Crippen molar-refractivity contribution in [2.75, 3.05) is 36.7 Å². The summed E-state index contributed by atoms with van der Waals surface area (Å²) in [6, 6.07) is 13.7. The number of hydrogen-bond donors (Lipinski definition) is 2. The first-order valence-corrected chi connectivity index (χ1v) is 8.26. The van der Waals surface area contributed by atoms with E-state index >= 15 is 0 Å². The molecule has 0 bridgehead atoms. The van der Waals surface area contributed by atoms with Crippen LogP contribution in [0.25, 0.3) is 22.6 Å². The summed E-state index contributed by atoms with van der Waals surface area (Å²) < 4.78 is 5.83. The highest BCUT2D eigenvalue weighted by Gasteiger charge is 2.10. The van der Waals surface area contributed by atoms with Crippen LogP contribution in [0.1, 0.15) is 0 Å². The molecule has 3 rings (SSSR count). The molecule has 0 aliphatic heterocycles. The standard InChI is InChI=1S/C18H20ClN3O2/c1-22(2)14-6-3-12(4-7-14)18-21-16-9-13(5-8-17(16)24-18)20-11-15(23)10-19/h3-9,15,20,23H,10-11H2,1-2H3. The summed E-state index contributed by atoms with van der Waals surface area (Å²) in [4.78, 5) is 6.60. The van der Waals surface area contributed by atoms with Crippen molar-refractivity contribution in [2.45, 2.75) is 6.10 Å². The molecule has 0 amide bonds. The molecule has 1 heterocycles. The van der Waals surface area contributed by atoms with Gasteiger partial charge < -0.3 is 19.7 Å². The monoisotopic (exact) mass is 345 g/mol. The van der Waals surface area contributed by atoms with Gasteiger partial charge in [-0.1, -0.05) is 0 Å². The largest absolute Gasteiger partial charge is 0.436 e. The lowest BCUT2D eigenvalue weighted by atomic mass is 10.2. The molecule has 24 heavy (non-hydrogen) atoms. The third-order valence-corrected chi connectivity index (χ3v) is 4.09. The smallest absolute Gasteiger partial charge is 0.227 e. The van der Waals surface area contributed by atoms with E-state index in [1.165, 1.54) is 0 Å². The lowest BCUT2D eigenvalue weighted by Gasteiger charge is -2.11. The van der Waals surface area contributed by atoms with E-state index < -0.39 is 6.10 Å². The van der Waals surface area contributed by atoms with Crippen molar-refractivity contribution in [1.82, 2.24) is 4.98 Å². The first-order valence-electron chi connectivity index (χ1n) is 7.73. The first-order chi connectivity index (χ1) is 11.6. The fourth-order valence-corrected chi connectivity index (χ4v) is 2.46. The molecule has 126 valence electrons. The van der Waals surface area contributed by atoms with E-state index in [4.69, 9.17) is 16.0 Å². The minimum absolute atomic E-state index is 0.201. The molecule has 1 atom stereocenters. The molecule has 1 unspecified atom stereocenters. The average molecular weight is 346 g/mol. The summed E-state index contributed by atoms with van der Waals surface area (Å²) >= 11 is 5.59. The first kappa shape index (κ1) is 16.6. The average Bonchev–Trinajstić information content (AvgIpc) is 3.03. The number of rotatable bonds is 6. The minimum atomic E-state index is -0.578. The highest BCUT2D eigenvalue weighted by atomic mass is 35.5. The number of aliphatic hydroxyl groups excluding tert-OH is 1. The van der Waals surface area contributed by atoms with Crippen molar-refractivity contribution < 1.29 is 9.52 Å². The van der Waals surface area contributed by atoms with Gasteiger partial charge >= 0.3 is 0 Å². The van der Waals surface area contributed by atoms with Crippen molar-refractivity contribution in [2.24, 2.45) is 0 Å². The van der Waals surface area contributed by atoms with Gasteiger partial charge in [0, 0.05) is 37.6 Å². The predicted octanol–water partition coefficient (Wildman–Crippen LogP) is 3.57.